The molecule has 5 nitrogen and oxygen atoms in total. The largest absolute Gasteiger partial charge is 0.377 e. The first-order valence-electron chi connectivity index (χ1n) is 10.1. The number of piperidine rings is 2. The second kappa shape index (κ2) is 7.95. The van der Waals surface area contributed by atoms with E-state index in [9.17, 15) is 4.79 Å². The smallest absolute Gasteiger partial charge is 0.225 e. The van der Waals surface area contributed by atoms with Crippen molar-refractivity contribution in [3.63, 3.8) is 0 Å². The van der Waals surface area contributed by atoms with Gasteiger partial charge in [0.2, 0.25) is 5.91 Å². The fourth-order valence-electron chi connectivity index (χ4n) is 4.88. The van der Waals surface area contributed by atoms with E-state index in [-0.39, 0.29) is 6.10 Å². The Morgan fingerprint density at radius 1 is 1.23 bits per heavy atom. The number of likely N-dealkylation sites (tertiary alicyclic amines) is 2. The lowest BCUT2D eigenvalue weighted by Crippen LogP contribution is -2.43. The van der Waals surface area contributed by atoms with E-state index in [0.29, 0.717) is 24.2 Å². The van der Waals surface area contributed by atoms with Gasteiger partial charge in [0.25, 0.3) is 0 Å². The van der Waals surface area contributed by atoms with Gasteiger partial charge in [-0.2, -0.15) is 0 Å². The molecule has 3 atom stereocenters. The fraction of sp³-hybridized carbons (Fsp3) is 0.800. The van der Waals surface area contributed by atoms with Crippen molar-refractivity contribution in [2.45, 2.75) is 58.6 Å². The Morgan fingerprint density at radius 3 is 2.77 bits per heavy atom. The second-order valence-electron chi connectivity index (χ2n) is 8.21. The summed E-state index contributed by atoms with van der Waals surface area (Å²) in [5, 5.41) is 1.16. The molecule has 4 heterocycles. The third kappa shape index (κ3) is 3.97. The average Bonchev–Trinajstić information content (AvgIpc) is 3.18. The van der Waals surface area contributed by atoms with Crippen molar-refractivity contribution in [1.82, 2.24) is 14.8 Å². The van der Waals surface area contributed by atoms with Gasteiger partial charge < -0.3 is 9.64 Å². The van der Waals surface area contributed by atoms with Gasteiger partial charge in [-0.15, -0.1) is 11.3 Å². The molecule has 1 aromatic rings. The number of rotatable bonds is 4. The topological polar surface area (TPSA) is 45.7 Å². The Balaban J connectivity index is 1.30. The number of hydrogen-bond donors (Lipinski definition) is 0. The Kier molecular flexibility index (Phi) is 5.62. The molecule has 144 valence electrons. The van der Waals surface area contributed by atoms with E-state index in [1.807, 2.05) is 11.3 Å². The molecule has 1 amide bonds. The maximum Gasteiger partial charge on any atom is 0.225 e. The molecule has 0 aromatic carbocycles. The highest BCUT2D eigenvalue weighted by atomic mass is 32.1. The Hall–Kier alpha value is -0.980. The number of aryl methyl sites for hydroxylation is 2. The van der Waals surface area contributed by atoms with Crippen molar-refractivity contribution in [1.29, 1.82) is 0 Å². The highest BCUT2D eigenvalue weighted by Gasteiger charge is 2.42. The number of ether oxygens (including phenoxy) is 1. The average molecular weight is 378 g/mol. The van der Waals surface area contributed by atoms with E-state index in [2.05, 4.69) is 28.6 Å². The number of fused-ring (bicyclic) bond motifs is 1. The fourth-order valence-corrected chi connectivity index (χ4v) is 5.86. The Morgan fingerprint density at radius 2 is 2.04 bits per heavy atom. The molecule has 0 spiro atoms. The lowest BCUT2D eigenvalue weighted by Gasteiger charge is -2.36. The molecule has 0 unspecified atom stereocenters. The van der Waals surface area contributed by atoms with Crippen molar-refractivity contribution < 1.29 is 9.53 Å². The minimum absolute atomic E-state index is 0.143. The molecule has 0 aliphatic carbocycles. The molecule has 0 saturated carbocycles. The number of amides is 1. The van der Waals surface area contributed by atoms with E-state index >= 15 is 0 Å². The van der Waals surface area contributed by atoms with Crippen LogP contribution in [-0.4, -0.2) is 59.6 Å². The summed E-state index contributed by atoms with van der Waals surface area (Å²) in [4.78, 5) is 23.2. The summed E-state index contributed by atoms with van der Waals surface area (Å²) in [5.74, 6) is 1.45. The van der Waals surface area contributed by atoms with Gasteiger partial charge in [-0.3, -0.25) is 9.69 Å². The zero-order valence-corrected chi connectivity index (χ0v) is 16.9. The van der Waals surface area contributed by atoms with Crippen LogP contribution in [0.5, 0.6) is 0 Å². The van der Waals surface area contributed by atoms with Gasteiger partial charge in [0.05, 0.1) is 29.8 Å². The van der Waals surface area contributed by atoms with Gasteiger partial charge in [0.1, 0.15) is 0 Å². The van der Waals surface area contributed by atoms with Crippen molar-refractivity contribution >= 4 is 17.2 Å². The Labute approximate surface area is 160 Å². The van der Waals surface area contributed by atoms with Gasteiger partial charge in [0, 0.05) is 37.0 Å². The summed E-state index contributed by atoms with van der Waals surface area (Å²) >= 11 is 1.82. The van der Waals surface area contributed by atoms with E-state index < -0.39 is 0 Å². The van der Waals surface area contributed by atoms with Crippen LogP contribution >= 0.6 is 11.3 Å². The SMILES string of the molecule is Cc1nc(C)c(CN2CC[C@@H]3[C@@H](CO[C@H]3CC(=O)N3CCCCC3)C2)s1. The lowest BCUT2D eigenvalue weighted by atomic mass is 9.83. The monoisotopic (exact) mass is 377 g/mol. The van der Waals surface area contributed by atoms with Crippen LogP contribution < -0.4 is 0 Å². The van der Waals surface area contributed by atoms with Crippen molar-refractivity contribution in [2.75, 3.05) is 32.8 Å². The molecule has 3 saturated heterocycles. The lowest BCUT2D eigenvalue weighted by molar-refractivity contribution is -0.134. The molecule has 0 N–H and O–H groups in total. The molecule has 6 heteroatoms. The third-order valence-corrected chi connectivity index (χ3v) is 7.39. The predicted octanol–water partition coefficient (Wildman–Crippen LogP) is 3.00. The molecule has 1 aromatic heterocycles. The number of aromatic nitrogens is 1. The maximum atomic E-state index is 12.6. The molecule has 3 aliphatic heterocycles. The van der Waals surface area contributed by atoms with Gasteiger partial charge in [-0.05, 0) is 52.0 Å². The summed E-state index contributed by atoms with van der Waals surface area (Å²) in [6.07, 6.45) is 5.48. The first-order valence-corrected chi connectivity index (χ1v) is 11.0. The third-order valence-electron chi connectivity index (χ3n) is 6.33. The van der Waals surface area contributed by atoms with Crippen LogP contribution in [0.25, 0.3) is 0 Å². The molecule has 0 bridgehead atoms. The maximum absolute atomic E-state index is 12.6. The van der Waals surface area contributed by atoms with E-state index in [4.69, 9.17) is 4.74 Å². The Bertz CT molecular complexity index is 641. The predicted molar refractivity (Wildman–Crippen MR) is 103 cm³/mol. The van der Waals surface area contributed by atoms with Crippen molar-refractivity contribution in [2.24, 2.45) is 11.8 Å². The number of carbonyl (C=O) groups is 1. The van der Waals surface area contributed by atoms with Crippen molar-refractivity contribution in [3.05, 3.63) is 15.6 Å². The van der Waals surface area contributed by atoms with Crippen LogP contribution in [0, 0.1) is 25.7 Å². The zero-order chi connectivity index (χ0) is 18.1. The molecule has 3 aliphatic rings. The molecular weight excluding hydrogens is 346 g/mol. The minimum atomic E-state index is 0.143. The normalized spacial score (nSPS) is 29.8. The standard InChI is InChI=1S/C20H31N3O2S/c1-14-19(26-15(2)21-14)12-22-9-6-17-16(11-22)13-25-18(17)10-20(24)23-7-4-3-5-8-23/h16-18H,3-13H2,1-2H3/t16-,17-,18+/m1/s1. The second-order valence-corrected chi connectivity index (χ2v) is 9.49. The first-order chi connectivity index (χ1) is 12.6. The van der Waals surface area contributed by atoms with Crippen LogP contribution in [0.15, 0.2) is 0 Å². The molecule has 0 radical (unpaired) electrons. The van der Waals surface area contributed by atoms with Crippen LogP contribution in [0.2, 0.25) is 0 Å². The number of nitrogens with zero attached hydrogens (tertiary/aromatic N) is 3. The van der Waals surface area contributed by atoms with Crippen molar-refractivity contribution in [3.8, 4) is 0 Å². The number of hydrogen-bond acceptors (Lipinski definition) is 5. The molecule has 4 rings (SSSR count). The summed E-state index contributed by atoms with van der Waals surface area (Å²) in [5.41, 5.74) is 1.18. The summed E-state index contributed by atoms with van der Waals surface area (Å²) in [6.45, 7) is 10.1. The highest BCUT2D eigenvalue weighted by Crippen LogP contribution is 2.37. The van der Waals surface area contributed by atoms with Gasteiger partial charge in [-0.25, -0.2) is 4.98 Å². The van der Waals surface area contributed by atoms with E-state index in [1.54, 1.807) is 0 Å². The van der Waals surface area contributed by atoms with Crippen LogP contribution in [0.3, 0.4) is 0 Å². The van der Waals surface area contributed by atoms with Gasteiger partial charge >= 0.3 is 0 Å². The first kappa shape index (κ1) is 18.4. The number of carbonyl (C=O) groups excluding carboxylic acids is 1. The summed E-state index contributed by atoms with van der Waals surface area (Å²) < 4.78 is 6.10. The van der Waals surface area contributed by atoms with E-state index in [0.717, 1.165) is 63.6 Å². The van der Waals surface area contributed by atoms with Crippen LogP contribution in [0.4, 0.5) is 0 Å². The summed E-state index contributed by atoms with van der Waals surface area (Å²) in [7, 11) is 0. The molecule has 3 fully saturated rings. The molecule has 26 heavy (non-hydrogen) atoms. The zero-order valence-electron chi connectivity index (χ0n) is 16.1. The highest BCUT2D eigenvalue weighted by molar-refractivity contribution is 7.11. The molecular formula is C20H31N3O2S. The summed E-state index contributed by atoms with van der Waals surface area (Å²) in [6, 6.07) is 0. The quantitative estimate of drug-likeness (QED) is 0.809. The minimum Gasteiger partial charge on any atom is -0.377 e. The van der Waals surface area contributed by atoms with Gasteiger partial charge in [-0.1, -0.05) is 0 Å². The van der Waals surface area contributed by atoms with E-state index in [1.165, 1.54) is 17.0 Å². The van der Waals surface area contributed by atoms with Crippen LogP contribution in [-0.2, 0) is 16.1 Å². The number of thiazole rings is 1. The van der Waals surface area contributed by atoms with Gasteiger partial charge in [0.15, 0.2) is 0 Å². The van der Waals surface area contributed by atoms with Crippen LogP contribution in [0.1, 0.15) is 47.7 Å².